The van der Waals surface area contributed by atoms with Gasteiger partial charge in [0.15, 0.2) is 10.3 Å². The molecule has 0 aliphatic heterocycles. The number of rotatable bonds is 11. The number of nitrogens with zero attached hydrogens (tertiary/aromatic N) is 1. The molecule has 0 fully saturated rings. The van der Waals surface area contributed by atoms with Crippen molar-refractivity contribution >= 4 is 10.3 Å². The van der Waals surface area contributed by atoms with Crippen molar-refractivity contribution in [2.24, 2.45) is 0 Å². The molecule has 2 atom stereocenters. The zero-order valence-corrected chi connectivity index (χ0v) is 15.0. The summed E-state index contributed by atoms with van der Waals surface area (Å²) in [5, 5.41) is 17.9. The number of hydrogen-bond donors (Lipinski definition) is 2. The smallest absolute Gasteiger partial charge is 0.735 e. The van der Waals surface area contributed by atoms with Crippen molar-refractivity contribution in [3.05, 3.63) is 0 Å². The predicted octanol–water partition coefficient (Wildman–Crippen LogP) is -4.45. The van der Waals surface area contributed by atoms with Gasteiger partial charge in [-0.1, -0.05) is 0 Å². The first-order valence-corrected chi connectivity index (χ1v) is 7.32. The minimum Gasteiger partial charge on any atom is -0.735 e. The van der Waals surface area contributed by atoms with Crippen molar-refractivity contribution < 1.29 is 62.2 Å². The maximum atomic E-state index is 10.9. The summed E-state index contributed by atoms with van der Waals surface area (Å²) < 4.78 is 43.5. The van der Waals surface area contributed by atoms with Gasteiger partial charge in [-0.2, -0.15) is 0 Å². The van der Waals surface area contributed by atoms with E-state index in [1.54, 1.807) is 0 Å². The summed E-state index contributed by atoms with van der Waals surface area (Å²) in [4.78, 5) is 0. The first-order chi connectivity index (χ1) is 8.73. The van der Waals surface area contributed by atoms with Gasteiger partial charge < -0.3 is 24.2 Å². The van der Waals surface area contributed by atoms with Crippen molar-refractivity contribution in [2.45, 2.75) is 26.1 Å². The van der Waals surface area contributed by atoms with Gasteiger partial charge >= 0.3 is 29.6 Å². The van der Waals surface area contributed by atoms with Crippen LogP contribution in [-0.4, -0.2) is 79.2 Å². The van der Waals surface area contributed by atoms with E-state index in [4.69, 9.17) is 19.7 Å². The molecule has 20 heavy (non-hydrogen) atoms. The quantitative estimate of drug-likeness (QED) is 0.224. The van der Waals surface area contributed by atoms with Crippen LogP contribution in [0.5, 0.6) is 0 Å². The molecule has 0 saturated heterocycles. The number of aliphatic hydroxyl groups excluding tert-OH is 2. The van der Waals surface area contributed by atoms with Gasteiger partial charge in [0.05, 0.1) is 38.6 Å². The van der Waals surface area contributed by atoms with Gasteiger partial charge in [-0.05, 0) is 13.8 Å². The van der Waals surface area contributed by atoms with Gasteiger partial charge in [-0.15, -0.1) is 0 Å². The SMILES string of the molecule is CC(O)COCCN(CCOCC(C)O)S(=O)(=O)[O-].[Na+]. The molecule has 0 radical (unpaired) electrons. The van der Waals surface area contributed by atoms with Crippen molar-refractivity contribution in [3.63, 3.8) is 0 Å². The molecule has 10 heteroatoms. The van der Waals surface area contributed by atoms with E-state index in [2.05, 4.69) is 0 Å². The van der Waals surface area contributed by atoms with Crippen molar-refractivity contribution in [2.75, 3.05) is 39.5 Å². The second-order valence-electron chi connectivity index (χ2n) is 4.20. The molecule has 0 rings (SSSR count). The van der Waals surface area contributed by atoms with E-state index in [-0.39, 0.29) is 69.1 Å². The molecule has 0 saturated carbocycles. The number of ether oxygens (including phenoxy) is 2. The van der Waals surface area contributed by atoms with Crippen LogP contribution < -0.4 is 29.6 Å². The maximum Gasteiger partial charge on any atom is 1.00 e. The zero-order valence-electron chi connectivity index (χ0n) is 12.2. The number of hydrogen-bond acceptors (Lipinski definition) is 7. The molecular weight excluding hydrogens is 301 g/mol. The Morgan fingerprint density at radius 1 is 1.05 bits per heavy atom. The molecule has 0 aliphatic carbocycles. The molecule has 2 N–H and O–H groups in total. The molecule has 0 aromatic carbocycles. The maximum absolute atomic E-state index is 10.9. The topological polar surface area (TPSA) is 119 Å². The van der Waals surface area contributed by atoms with E-state index in [0.29, 0.717) is 4.31 Å². The number of aliphatic hydroxyl groups is 2. The Labute approximate surface area is 142 Å². The van der Waals surface area contributed by atoms with Crippen LogP contribution in [-0.2, 0) is 19.8 Å². The van der Waals surface area contributed by atoms with Crippen LogP contribution in [0.25, 0.3) is 0 Å². The standard InChI is InChI=1S/C10H23NO7S.Na/c1-9(12)7-17-5-3-11(19(14,15)16)4-6-18-8-10(2)13;/h9-10,12-13H,3-8H2,1-2H3,(H,14,15,16);/q;+1/p-1. The second-order valence-corrected chi connectivity index (χ2v) is 5.58. The van der Waals surface area contributed by atoms with Crippen LogP contribution in [0.2, 0.25) is 0 Å². The monoisotopic (exact) mass is 323 g/mol. The van der Waals surface area contributed by atoms with Crippen molar-refractivity contribution in [1.29, 1.82) is 0 Å². The largest absolute Gasteiger partial charge is 1.00 e. The van der Waals surface area contributed by atoms with Crippen molar-refractivity contribution in [3.8, 4) is 0 Å². The zero-order chi connectivity index (χ0) is 14.9. The Morgan fingerprint density at radius 2 is 1.40 bits per heavy atom. The molecule has 0 aliphatic rings. The van der Waals surface area contributed by atoms with Gasteiger partial charge in [0.25, 0.3) is 0 Å². The van der Waals surface area contributed by atoms with Gasteiger partial charge in [0.2, 0.25) is 0 Å². The first-order valence-electron chi connectivity index (χ1n) is 5.96. The average molecular weight is 323 g/mol. The Morgan fingerprint density at radius 3 is 1.65 bits per heavy atom. The summed E-state index contributed by atoms with van der Waals surface area (Å²) in [6.45, 7) is 3.05. The average Bonchev–Trinajstić information content (AvgIpc) is 2.24. The van der Waals surface area contributed by atoms with Gasteiger partial charge in [0, 0.05) is 13.1 Å². The molecule has 8 nitrogen and oxygen atoms in total. The van der Waals surface area contributed by atoms with Crippen molar-refractivity contribution in [1.82, 2.24) is 4.31 Å². The van der Waals surface area contributed by atoms with Crippen LogP contribution in [0.1, 0.15) is 13.8 Å². The third kappa shape index (κ3) is 13.7. The molecule has 0 spiro atoms. The molecule has 2 unspecified atom stereocenters. The molecule has 116 valence electrons. The molecular formula is C10H22NNaO7S. The fourth-order valence-electron chi connectivity index (χ4n) is 1.18. The second kappa shape index (κ2) is 12.3. The van der Waals surface area contributed by atoms with Crippen LogP contribution in [0, 0.1) is 0 Å². The normalized spacial score (nSPS) is 14.9. The van der Waals surface area contributed by atoms with E-state index in [1.807, 2.05) is 0 Å². The third-order valence-corrected chi connectivity index (χ3v) is 3.00. The molecule has 0 bridgehead atoms. The summed E-state index contributed by atoms with van der Waals surface area (Å²) in [6, 6.07) is 0. The van der Waals surface area contributed by atoms with Crippen LogP contribution in [0.4, 0.5) is 0 Å². The van der Waals surface area contributed by atoms with E-state index in [1.165, 1.54) is 13.8 Å². The van der Waals surface area contributed by atoms with Crippen LogP contribution in [0.15, 0.2) is 0 Å². The summed E-state index contributed by atoms with van der Waals surface area (Å²) in [6.07, 6.45) is -1.29. The van der Waals surface area contributed by atoms with E-state index in [9.17, 15) is 13.0 Å². The molecule has 0 aromatic rings. The molecule has 0 aromatic heterocycles. The van der Waals surface area contributed by atoms with E-state index >= 15 is 0 Å². The van der Waals surface area contributed by atoms with E-state index in [0.717, 1.165) is 0 Å². The minimum atomic E-state index is -4.57. The molecule has 0 amide bonds. The van der Waals surface area contributed by atoms with Gasteiger partial charge in [-0.3, -0.25) is 0 Å². The fraction of sp³-hybridized carbons (Fsp3) is 1.00. The Kier molecular flexibility index (Phi) is 14.1. The predicted molar refractivity (Wildman–Crippen MR) is 66.3 cm³/mol. The van der Waals surface area contributed by atoms with E-state index < -0.39 is 22.5 Å². The minimum absolute atomic E-state index is 0. The Balaban J connectivity index is 0. The Bertz CT molecular complexity index is 308. The molecule has 0 heterocycles. The van der Waals surface area contributed by atoms with Crippen LogP contribution in [0.3, 0.4) is 0 Å². The Hall–Kier alpha value is 0.710. The fourth-order valence-corrected chi connectivity index (χ4v) is 1.77. The third-order valence-electron chi connectivity index (χ3n) is 2.00. The summed E-state index contributed by atoms with van der Waals surface area (Å²) in [5.74, 6) is 0. The summed E-state index contributed by atoms with van der Waals surface area (Å²) >= 11 is 0. The van der Waals surface area contributed by atoms with Gasteiger partial charge in [-0.25, -0.2) is 12.7 Å². The van der Waals surface area contributed by atoms with Gasteiger partial charge in [0.1, 0.15) is 0 Å². The summed E-state index contributed by atoms with van der Waals surface area (Å²) in [5.41, 5.74) is 0. The first kappa shape index (κ1) is 23.0. The van der Waals surface area contributed by atoms with Crippen LogP contribution >= 0.6 is 0 Å². The summed E-state index contributed by atoms with van der Waals surface area (Å²) in [7, 11) is -4.57.